The van der Waals surface area contributed by atoms with Gasteiger partial charge in [-0.2, -0.15) is 0 Å². The minimum Gasteiger partial charge on any atom is -0.481 e. The van der Waals surface area contributed by atoms with Crippen molar-refractivity contribution in [1.29, 1.82) is 0 Å². The van der Waals surface area contributed by atoms with Gasteiger partial charge >= 0.3 is 5.97 Å². The van der Waals surface area contributed by atoms with E-state index in [1.807, 2.05) is 0 Å². The maximum atomic E-state index is 14.0. The Bertz CT molecular complexity index is 558. The topological polar surface area (TPSA) is 57.6 Å². The van der Waals surface area contributed by atoms with Gasteiger partial charge in [-0.25, -0.2) is 4.39 Å². The molecule has 1 aliphatic rings. The minimum absolute atomic E-state index is 0.0160. The minimum atomic E-state index is -0.893. The number of carboxylic acid groups (broad SMARTS) is 1. The van der Waals surface area contributed by atoms with Crippen LogP contribution < -0.4 is 0 Å². The van der Waals surface area contributed by atoms with E-state index in [0.29, 0.717) is 24.9 Å². The molecule has 1 amide bonds. The summed E-state index contributed by atoms with van der Waals surface area (Å²) >= 11 is 0. The number of carbonyl (C=O) groups is 2. The van der Waals surface area contributed by atoms with Gasteiger partial charge < -0.3 is 10.0 Å². The van der Waals surface area contributed by atoms with Crippen molar-refractivity contribution >= 4 is 11.9 Å². The van der Waals surface area contributed by atoms with E-state index in [0.717, 1.165) is 0 Å². The van der Waals surface area contributed by atoms with E-state index in [1.54, 1.807) is 26.0 Å². The van der Waals surface area contributed by atoms with E-state index in [4.69, 9.17) is 0 Å². The summed E-state index contributed by atoms with van der Waals surface area (Å²) in [6.07, 6.45) is 0.875. The first kappa shape index (κ1) is 14.5. The molecule has 0 saturated carbocycles. The molecule has 2 rings (SSSR count). The molecular formula is C15H18FNO3. The summed E-state index contributed by atoms with van der Waals surface area (Å²) in [5, 5.41) is 9.32. The normalized spacial score (nSPS) is 22.1. The summed E-state index contributed by atoms with van der Waals surface area (Å²) in [4.78, 5) is 25.1. The first-order valence-corrected chi connectivity index (χ1v) is 6.69. The Kier molecular flexibility index (Phi) is 3.79. The first-order valence-electron chi connectivity index (χ1n) is 6.69. The maximum absolute atomic E-state index is 14.0. The highest BCUT2D eigenvalue weighted by atomic mass is 19.1. The van der Waals surface area contributed by atoms with E-state index in [2.05, 4.69) is 0 Å². The third kappa shape index (κ3) is 2.28. The summed E-state index contributed by atoms with van der Waals surface area (Å²) in [6, 6.07) is 4.67. The van der Waals surface area contributed by atoms with Crippen LogP contribution in [0.4, 0.5) is 4.39 Å². The van der Waals surface area contributed by atoms with Crippen LogP contribution in [0.1, 0.15) is 35.7 Å². The molecule has 1 heterocycles. The molecule has 1 aromatic rings. The number of hydrogen-bond donors (Lipinski definition) is 1. The Balaban J connectivity index is 2.24. The van der Waals surface area contributed by atoms with E-state index < -0.39 is 23.1 Å². The molecule has 0 aromatic heterocycles. The van der Waals surface area contributed by atoms with Crippen molar-refractivity contribution in [2.75, 3.05) is 13.1 Å². The molecule has 0 spiro atoms. The fourth-order valence-electron chi connectivity index (χ4n) is 2.64. The number of aliphatic carboxylic acids is 1. The molecule has 4 nitrogen and oxygen atoms in total. The summed E-state index contributed by atoms with van der Waals surface area (Å²) in [6.45, 7) is 3.90. The second-order valence-corrected chi connectivity index (χ2v) is 5.35. The summed E-state index contributed by atoms with van der Waals surface area (Å²) < 4.78 is 14.0. The Labute approximate surface area is 117 Å². The van der Waals surface area contributed by atoms with Gasteiger partial charge in [0, 0.05) is 13.1 Å². The summed E-state index contributed by atoms with van der Waals surface area (Å²) in [5.74, 6) is -1.84. The second kappa shape index (κ2) is 5.23. The molecule has 1 atom stereocenters. The average Bonchev–Trinajstić information content (AvgIpc) is 2.87. The monoisotopic (exact) mass is 279 g/mol. The predicted octanol–water partition coefficient (Wildman–Crippen LogP) is 2.46. The largest absolute Gasteiger partial charge is 0.481 e. The molecule has 1 aliphatic heterocycles. The Morgan fingerprint density at radius 3 is 2.70 bits per heavy atom. The van der Waals surface area contributed by atoms with Crippen LogP contribution in [0.3, 0.4) is 0 Å². The Hall–Kier alpha value is -1.91. The number of carboxylic acids is 1. The van der Waals surface area contributed by atoms with Crippen LogP contribution in [0.5, 0.6) is 0 Å². The van der Waals surface area contributed by atoms with Gasteiger partial charge in [-0.05, 0) is 31.4 Å². The lowest BCUT2D eigenvalue weighted by atomic mass is 9.84. The molecule has 1 N–H and O–H groups in total. The molecule has 1 saturated heterocycles. The lowest BCUT2D eigenvalue weighted by Crippen LogP contribution is -2.36. The molecule has 0 aliphatic carbocycles. The molecule has 108 valence electrons. The number of rotatable bonds is 3. The molecule has 20 heavy (non-hydrogen) atoms. The van der Waals surface area contributed by atoms with Crippen LogP contribution in [0.2, 0.25) is 0 Å². The predicted molar refractivity (Wildman–Crippen MR) is 72.0 cm³/mol. The van der Waals surface area contributed by atoms with Crippen LogP contribution >= 0.6 is 0 Å². The van der Waals surface area contributed by atoms with Crippen molar-refractivity contribution in [1.82, 2.24) is 4.90 Å². The number of halogens is 1. The summed E-state index contributed by atoms with van der Waals surface area (Å²) in [5.41, 5.74) is -0.465. The Morgan fingerprint density at radius 2 is 2.15 bits per heavy atom. The number of nitrogens with zero attached hydrogens (tertiary/aromatic N) is 1. The van der Waals surface area contributed by atoms with Crippen LogP contribution in [0, 0.1) is 18.2 Å². The van der Waals surface area contributed by atoms with Crippen molar-refractivity contribution in [3.05, 3.63) is 35.1 Å². The number of hydrogen-bond acceptors (Lipinski definition) is 2. The SMILES string of the molecule is CCC1(C(=O)O)CCN(C(=O)c2cccc(C)c2F)C1. The zero-order chi connectivity index (χ0) is 14.9. The first-order chi connectivity index (χ1) is 9.41. The maximum Gasteiger partial charge on any atom is 0.311 e. The number of likely N-dealkylation sites (tertiary alicyclic amines) is 1. The van der Waals surface area contributed by atoms with Crippen LogP contribution in [-0.2, 0) is 4.79 Å². The number of aryl methyl sites for hydroxylation is 1. The van der Waals surface area contributed by atoms with Gasteiger partial charge in [0.15, 0.2) is 0 Å². The van der Waals surface area contributed by atoms with Gasteiger partial charge in [0.25, 0.3) is 5.91 Å². The third-order valence-electron chi connectivity index (χ3n) is 4.19. The number of amides is 1. The quantitative estimate of drug-likeness (QED) is 0.924. The van der Waals surface area contributed by atoms with Gasteiger partial charge in [0.2, 0.25) is 0 Å². The molecule has 0 radical (unpaired) electrons. The lowest BCUT2D eigenvalue weighted by molar-refractivity contribution is -0.148. The zero-order valence-corrected chi connectivity index (χ0v) is 11.6. The van der Waals surface area contributed by atoms with Crippen LogP contribution in [0.15, 0.2) is 18.2 Å². The van der Waals surface area contributed by atoms with Crippen LogP contribution in [0.25, 0.3) is 0 Å². The highest BCUT2D eigenvalue weighted by Crippen LogP contribution is 2.35. The lowest BCUT2D eigenvalue weighted by Gasteiger charge is -2.23. The fraction of sp³-hybridized carbons (Fsp3) is 0.467. The van der Waals surface area contributed by atoms with Gasteiger partial charge in [0.1, 0.15) is 5.82 Å². The molecule has 1 unspecified atom stereocenters. The smallest absolute Gasteiger partial charge is 0.311 e. The standard InChI is InChI=1S/C15H18FNO3/c1-3-15(14(19)20)7-8-17(9-15)13(18)11-6-4-5-10(2)12(11)16/h4-6H,3,7-9H2,1-2H3,(H,19,20). The van der Waals surface area contributed by atoms with E-state index >= 15 is 0 Å². The van der Waals surface area contributed by atoms with Crippen molar-refractivity contribution in [2.45, 2.75) is 26.7 Å². The van der Waals surface area contributed by atoms with Crippen molar-refractivity contribution in [3.8, 4) is 0 Å². The third-order valence-corrected chi connectivity index (χ3v) is 4.19. The molecule has 5 heteroatoms. The van der Waals surface area contributed by atoms with E-state index in [-0.39, 0.29) is 12.1 Å². The average molecular weight is 279 g/mol. The number of carbonyl (C=O) groups excluding carboxylic acids is 1. The highest BCUT2D eigenvalue weighted by molar-refractivity contribution is 5.95. The van der Waals surface area contributed by atoms with Gasteiger partial charge in [-0.3, -0.25) is 9.59 Å². The van der Waals surface area contributed by atoms with Gasteiger partial charge in [0.05, 0.1) is 11.0 Å². The van der Waals surface area contributed by atoms with Crippen molar-refractivity contribution in [2.24, 2.45) is 5.41 Å². The van der Waals surface area contributed by atoms with Crippen LogP contribution in [-0.4, -0.2) is 35.0 Å². The summed E-state index contributed by atoms with van der Waals surface area (Å²) in [7, 11) is 0. The molecular weight excluding hydrogens is 261 g/mol. The van der Waals surface area contributed by atoms with Crippen molar-refractivity contribution < 1.29 is 19.1 Å². The van der Waals surface area contributed by atoms with Gasteiger partial charge in [-0.1, -0.05) is 19.1 Å². The fourth-order valence-corrected chi connectivity index (χ4v) is 2.64. The van der Waals surface area contributed by atoms with Gasteiger partial charge in [-0.15, -0.1) is 0 Å². The Morgan fingerprint density at radius 1 is 1.45 bits per heavy atom. The van der Waals surface area contributed by atoms with E-state index in [9.17, 15) is 19.1 Å². The number of benzene rings is 1. The molecule has 0 bridgehead atoms. The van der Waals surface area contributed by atoms with Crippen molar-refractivity contribution in [3.63, 3.8) is 0 Å². The molecule has 1 fully saturated rings. The van der Waals surface area contributed by atoms with E-state index in [1.165, 1.54) is 11.0 Å². The zero-order valence-electron chi connectivity index (χ0n) is 11.6. The highest BCUT2D eigenvalue weighted by Gasteiger charge is 2.45. The molecule has 1 aromatic carbocycles. The second-order valence-electron chi connectivity index (χ2n) is 5.35.